The summed E-state index contributed by atoms with van der Waals surface area (Å²) in [6.07, 6.45) is 4.62. The van der Waals surface area contributed by atoms with Gasteiger partial charge in [-0.1, -0.05) is 28.8 Å². The van der Waals surface area contributed by atoms with E-state index in [1.807, 2.05) is 0 Å². The van der Waals surface area contributed by atoms with Gasteiger partial charge in [0.1, 0.15) is 6.04 Å². The van der Waals surface area contributed by atoms with Gasteiger partial charge < -0.3 is 0 Å². The van der Waals surface area contributed by atoms with E-state index in [1.165, 1.54) is 0 Å². The maximum absolute atomic E-state index is 13.0. The number of hydrogen-bond donors (Lipinski definition) is 2. The summed E-state index contributed by atoms with van der Waals surface area (Å²) in [6, 6.07) is -1.36. The third-order valence-electron chi connectivity index (χ3n) is 6.83. The number of carbonyl (C=O) groups is 4. The summed E-state index contributed by atoms with van der Waals surface area (Å²) in [5.41, 5.74) is 0. The van der Waals surface area contributed by atoms with Crippen molar-refractivity contribution in [3.05, 3.63) is 0 Å². The van der Waals surface area contributed by atoms with Crippen molar-refractivity contribution in [1.29, 1.82) is 0 Å². The minimum atomic E-state index is -3.55. The van der Waals surface area contributed by atoms with Crippen molar-refractivity contribution < 1.29 is 27.6 Å². The lowest BCUT2D eigenvalue weighted by molar-refractivity contribution is -0.151. The van der Waals surface area contributed by atoms with E-state index in [0.717, 1.165) is 24.2 Å². The summed E-state index contributed by atoms with van der Waals surface area (Å²) < 4.78 is 28.6. The van der Waals surface area contributed by atoms with Crippen molar-refractivity contribution in [3.63, 3.8) is 0 Å². The quantitative estimate of drug-likeness (QED) is 0.426. The van der Waals surface area contributed by atoms with Crippen molar-refractivity contribution in [2.24, 2.45) is 11.8 Å². The van der Waals surface area contributed by atoms with E-state index in [-0.39, 0.29) is 30.0 Å². The first kappa shape index (κ1) is 21.9. The van der Waals surface area contributed by atoms with Crippen molar-refractivity contribution in [1.82, 2.24) is 14.9 Å². The van der Waals surface area contributed by atoms with Gasteiger partial charge in [-0.2, -0.15) is 0 Å². The normalized spacial score (nSPS) is 37.8. The number of likely N-dealkylation sites (tertiary alicyclic amines) is 1. The van der Waals surface area contributed by atoms with Gasteiger partial charge in [-0.05, 0) is 38.5 Å². The number of nitrogens with one attached hydrogen (secondary N) is 2. The summed E-state index contributed by atoms with van der Waals surface area (Å²) in [4.78, 5) is 50.3. The molecule has 30 heavy (non-hydrogen) atoms. The van der Waals surface area contributed by atoms with E-state index in [1.54, 1.807) is 0 Å². The Bertz CT molecular complexity index is 877. The van der Waals surface area contributed by atoms with Gasteiger partial charge in [0.15, 0.2) is 0 Å². The lowest BCUT2D eigenvalue weighted by atomic mass is 9.79. The van der Waals surface area contributed by atoms with E-state index >= 15 is 0 Å². The van der Waals surface area contributed by atoms with Gasteiger partial charge in [-0.3, -0.25) is 29.4 Å². The van der Waals surface area contributed by atoms with Crippen LogP contribution in [0.15, 0.2) is 0 Å². The van der Waals surface area contributed by atoms with Crippen LogP contribution in [0.4, 0.5) is 0 Å². The van der Waals surface area contributed by atoms with Crippen molar-refractivity contribution in [2.75, 3.05) is 0 Å². The molecule has 2 saturated heterocycles. The third-order valence-corrected chi connectivity index (χ3v) is 10.3. The predicted molar refractivity (Wildman–Crippen MR) is 110 cm³/mol. The molecule has 0 aromatic heterocycles. The Kier molecular flexibility index (Phi) is 6.06. The fraction of sp³-hybridized carbons (Fsp3) is 0.789. The Hall–Kier alpha value is -1.33. The smallest absolute Gasteiger partial charge is 0.249 e. The Morgan fingerprint density at radius 3 is 2.33 bits per heavy atom. The molecule has 0 radical (unpaired) electrons. The molecule has 2 aliphatic heterocycles. The molecule has 166 valence electrons. The van der Waals surface area contributed by atoms with Crippen molar-refractivity contribution in [2.45, 2.75) is 79.9 Å². The number of nitrogens with zero attached hydrogens (tertiary/aromatic N) is 1. The molecule has 2 heterocycles. The number of rotatable bonds is 4. The van der Waals surface area contributed by atoms with Gasteiger partial charge in [-0.15, -0.1) is 0 Å². The van der Waals surface area contributed by atoms with Gasteiger partial charge in [-0.25, -0.2) is 13.1 Å². The van der Waals surface area contributed by atoms with Gasteiger partial charge in [0.25, 0.3) is 0 Å². The molecular formula is C19H26BrN3O6S. The number of alkyl halides is 1. The molecule has 0 aromatic carbocycles. The van der Waals surface area contributed by atoms with Crippen LogP contribution in [0.1, 0.15) is 57.8 Å². The SMILES string of the molecule is O=C1CCC(N2C(=O)C3CCC(NS(=O)(=O)C4CCCCC4Br)CC3C2=O)C(=O)N1. The second kappa shape index (κ2) is 8.31. The molecule has 6 unspecified atom stereocenters. The van der Waals surface area contributed by atoms with E-state index in [4.69, 9.17) is 0 Å². The molecule has 4 fully saturated rings. The summed E-state index contributed by atoms with van der Waals surface area (Å²) in [6.45, 7) is 0. The van der Waals surface area contributed by atoms with Crippen LogP contribution in [0.25, 0.3) is 0 Å². The molecule has 0 bridgehead atoms. The first-order chi connectivity index (χ1) is 14.2. The van der Waals surface area contributed by atoms with E-state index in [2.05, 4.69) is 26.0 Å². The van der Waals surface area contributed by atoms with Crippen LogP contribution >= 0.6 is 15.9 Å². The lowest BCUT2D eigenvalue weighted by Crippen LogP contribution is -2.54. The molecular weight excluding hydrogens is 478 g/mol. The van der Waals surface area contributed by atoms with Crippen molar-refractivity contribution in [3.8, 4) is 0 Å². The summed E-state index contributed by atoms with van der Waals surface area (Å²) in [7, 11) is -3.55. The maximum Gasteiger partial charge on any atom is 0.249 e. The Morgan fingerprint density at radius 2 is 1.63 bits per heavy atom. The number of halogens is 1. The number of sulfonamides is 1. The predicted octanol–water partition coefficient (Wildman–Crippen LogP) is 0.571. The fourth-order valence-corrected chi connectivity index (χ4v) is 8.56. The molecule has 0 aromatic rings. The zero-order chi connectivity index (χ0) is 21.6. The summed E-state index contributed by atoms with van der Waals surface area (Å²) >= 11 is 3.49. The third kappa shape index (κ3) is 3.95. The standard InChI is InChI=1S/C19H26BrN3O6S/c20-13-3-1-2-4-15(13)30(28,29)22-10-5-6-11-12(9-10)19(27)23(18(11)26)14-7-8-16(24)21-17(14)25/h10-15,22H,1-9H2,(H,21,24,25). The molecule has 9 nitrogen and oxygen atoms in total. The monoisotopic (exact) mass is 503 g/mol. The topological polar surface area (TPSA) is 130 Å². The average Bonchev–Trinajstić information content (AvgIpc) is 2.92. The minimum absolute atomic E-state index is 0.0837. The van der Waals surface area contributed by atoms with Crippen LogP contribution in [0.5, 0.6) is 0 Å². The highest BCUT2D eigenvalue weighted by Crippen LogP contribution is 2.40. The number of fused-ring (bicyclic) bond motifs is 1. The molecule has 2 saturated carbocycles. The second-order valence-corrected chi connectivity index (χ2v) is 11.8. The molecule has 4 aliphatic rings. The maximum atomic E-state index is 13.0. The summed E-state index contributed by atoms with van der Waals surface area (Å²) in [5.74, 6) is -3.00. The van der Waals surface area contributed by atoms with Crippen molar-refractivity contribution >= 4 is 49.6 Å². The lowest BCUT2D eigenvalue weighted by Gasteiger charge is -2.33. The number of hydrogen-bond acceptors (Lipinski definition) is 6. The van der Waals surface area contributed by atoms with Crippen LogP contribution in [0.3, 0.4) is 0 Å². The first-order valence-electron chi connectivity index (χ1n) is 10.5. The van der Waals surface area contributed by atoms with Crippen LogP contribution in [0.2, 0.25) is 0 Å². The second-order valence-electron chi connectivity index (χ2n) is 8.74. The molecule has 6 atom stereocenters. The van der Waals surface area contributed by atoms with Gasteiger partial charge in [0.2, 0.25) is 33.7 Å². The van der Waals surface area contributed by atoms with Crippen LogP contribution in [0, 0.1) is 11.8 Å². The Balaban J connectivity index is 1.45. The zero-order valence-electron chi connectivity index (χ0n) is 16.5. The zero-order valence-corrected chi connectivity index (χ0v) is 18.9. The van der Waals surface area contributed by atoms with E-state index in [0.29, 0.717) is 19.3 Å². The highest BCUT2D eigenvalue weighted by Gasteiger charge is 2.54. The molecule has 11 heteroatoms. The number of piperidine rings is 1. The largest absolute Gasteiger partial charge is 0.295 e. The number of imide groups is 2. The van der Waals surface area contributed by atoms with Crippen LogP contribution in [-0.4, -0.2) is 59.1 Å². The molecule has 2 N–H and O–H groups in total. The minimum Gasteiger partial charge on any atom is -0.295 e. The molecule has 4 rings (SSSR count). The van der Waals surface area contributed by atoms with E-state index in [9.17, 15) is 27.6 Å². The fourth-order valence-electron chi connectivity index (χ4n) is 5.27. The molecule has 0 spiro atoms. The Morgan fingerprint density at radius 1 is 0.933 bits per heavy atom. The van der Waals surface area contributed by atoms with Gasteiger partial charge in [0.05, 0.1) is 17.1 Å². The van der Waals surface area contributed by atoms with E-state index < -0.39 is 56.9 Å². The molecule has 2 aliphatic carbocycles. The highest BCUT2D eigenvalue weighted by molar-refractivity contribution is 9.09. The first-order valence-corrected chi connectivity index (χ1v) is 13.0. The van der Waals surface area contributed by atoms with Gasteiger partial charge >= 0.3 is 0 Å². The van der Waals surface area contributed by atoms with Gasteiger partial charge in [0, 0.05) is 17.3 Å². The Labute approximate surface area is 183 Å². The summed E-state index contributed by atoms with van der Waals surface area (Å²) in [5, 5.41) is 1.69. The van der Waals surface area contributed by atoms with Crippen LogP contribution < -0.4 is 10.0 Å². The number of carbonyl (C=O) groups excluding carboxylic acids is 4. The van der Waals surface area contributed by atoms with Crippen LogP contribution in [-0.2, 0) is 29.2 Å². The average molecular weight is 504 g/mol. The number of amides is 4. The highest BCUT2D eigenvalue weighted by atomic mass is 79.9. The molecule has 4 amide bonds.